The summed E-state index contributed by atoms with van der Waals surface area (Å²) < 4.78 is 0. The Kier molecular flexibility index (Phi) is 5.25. The van der Waals surface area contributed by atoms with Crippen molar-refractivity contribution >= 4 is 0 Å². The number of aliphatic hydroxyl groups is 2. The highest BCUT2D eigenvalue weighted by Crippen LogP contribution is 2.69. The molecule has 0 aromatic rings. The molecule has 4 aliphatic rings. The zero-order chi connectivity index (χ0) is 19.4. The highest BCUT2D eigenvalue weighted by Gasteiger charge is 2.62. The van der Waals surface area contributed by atoms with Gasteiger partial charge in [-0.2, -0.15) is 0 Å². The van der Waals surface area contributed by atoms with Crippen LogP contribution in [0.3, 0.4) is 0 Å². The molecular weight excluding hydrogens is 332 g/mol. The molecule has 1 unspecified atom stereocenters. The summed E-state index contributed by atoms with van der Waals surface area (Å²) in [5, 5.41) is 20.8. The van der Waals surface area contributed by atoms with Gasteiger partial charge in [-0.1, -0.05) is 27.7 Å². The van der Waals surface area contributed by atoms with Crippen molar-refractivity contribution in [2.75, 3.05) is 6.61 Å². The van der Waals surface area contributed by atoms with Crippen LogP contribution >= 0.6 is 0 Å². The first-order valence-corrected chi connectivity index (χ1v) is 12.2. The fourth-order valence-corrected chi connectivity index (χ4v) is 9.17. The van der Waals surface area contributed by atoms with E-state index >= 15 is 0 Å². The van der Waals surface area contributed by atoms with E-state index in [4.69, 9.17) is 0 Å². The van der Waals surface area contributed by atoms with Gasteiger partial charge in [-0.05, 0) is 117 Å². The minimum absolute atomic E-state index is 0.364. The summed E-state index contributed by atoms with van der Waals surface area (Å²) in [7, 11) is 0. The highest BCUT2D eigenvalue weighted by molar-refractivity contribution is 5.11. The first-order valence-electron chi connectivity index (χ1n) is 12.2. The Morgan fingerprint density at radius 1 is 0.926 bits per heavy atom. The van der Waals surface area contributed by atoms with Gasteiger partial charge in [0.15, 0.2) is 0 Å². The van der Waals surface area contributed by atoms with E-state index in [0.29, 0.717) is 23.4 Å². The average Bonchev–Trinajstić information content (AvgIpc) is 3.08. The normalized spacial score (nSPS) is 53.3. The van der Waals surface area contributed by atoms with Crippen molar-refractivity contribution in [2.24, 2.45) is 46.3 Å². The van der Waals surface area contributed by atoms with Crippen molar-refractivity contribution in [1.29, 1.82) is 0 Å². The highest BCUT2D eigenvalue weighted by atomic mass is 16.3. The third kappa shape index (κ3) is 2.87. The SMILES string of the molecule is CC[C@]1(O)CC[C@@]2(C)[C@@H](CC[C@@H]3[C@@H]2CC[C@]2(CC)[C@@H](C(C)CO)CC[C@@H]32)C1. The molecule has 2 heteroatoms. The van der Waals surface area contributed by atoms with Crippen molar-refractivity contribution in [3.63, 3.8) is 0 Å². The molecule has 0 radical (unpaired) electrons. The zero-order valence-corrected chi connectivity index (χ0v) is 18.3. The molecule has 4 fully saturated rings. The number of hydrogen-bond acceptors (Lipinski definition) is 2. The standard InChI is InChI=1S/C25H44O2/c1-5-24(27)14-13-23(4)18(15-24)7-8-19-21(23)11-12-25(6-2)20(17(3)16-26)9-10-22(19)25/h17-22,26-27H,5-16H2,1-4H3/t17?,18-,19+,20+,21-,22-,23-,24-,25+/m0/s1. The molecule has 27 heavy (non-hydrogen) atoms. The zero-order valence-electron chi connectivity index (χ0n) is 18.3. The van der Waals surface area contributed by atoms with Crippen molar-refractivity contribution in [3.8, 4) is 0 Å². The van der Waals surface area contributed by atoms with Gasteiger partial charge < -0.3 is 10.2 Å². The van der Waals surface area contributed by atoms with Gasteiger partial charge in [-0.15, -0.1) is 0 Å². The van der Waals surface area contributed by atoms with Crippen molar-refractivity contribution in [1.82, 2.24) is 0 Å². The predicted octanol–water partition coefficient (Wildman–Crippen LogP) is 5.80. The number of hydrogen-bond donors (Lipinski definition) is 2. The molecule has 0 saturated heterocycles. The van der Waals surface area contributed by atoms with E-state index in [9.17, 15) is 10.2 Å². The Labute approximate surface area is 167 Å². The monoisotopic (exact) mass is 376 g/mol. The van der Waals surface area contributed by atoms with Crippen LogP contribution in [0.4, 0.5) is 0 Å². The Morgan fingerprint density at radius 3 is 2.37 bits per heavy atom. The number of aliphatic hydroxyl groups excluding tert-OH is 1. The summed E-state index contributed by atoms with van der Waals surface area (Å²) in [6.45, 7) is 9.87. The van der Waals surface area contributed by atoms with Crippen LogP contribution < -0.4 is 0 Å². The van der Waals surface area contributed by atoms with Crippen LogP contribution in [0.5, 0.6) is 0 Å². The first kappa shape index (κ1) is 20.2. The Hall–Kier alpha value is -0.0800. The number of rotatable bonds is 4. The molecule has 0 bridgehead atoms. The Balaban J connectivity index is 1.59. The summed E-state index contributed by atoms with van der Waals surface area (Å²) >= 11 is 0. The second kappa shape index (κ2) is 7.01. The fourth-order valence-electron chi connectivity index (χ4n) is 9.17. The lowest BCUT2D eigenvalue weighted by Crippen LogP contribution is -2.56. The molecule has 0 aromatic heterocycles. The Morgan fingerprint density at radius 2 is 1.70 bits per heavy atom. The topological polar surface area (TPSA) is 40.5 Å². The molecule has 156 valence electrons. The largest absolute Gasteiger partial charge is 0.396 e. The summed E-state index contributed by atoms with van der Waals surface area (Å²) in [5.41, 5.74) is 0.587. The van der Waals surface area contributed by atoms with E-state index < -0.39 is 0 Å². The van der Waals surface area contributed by atoms with Crippen LogP contribution in [0.15, 0.2) is 0 Å². The molecule has 2 N–H and O–H groups in total. The van der Waals surface area contributed by atoms with Gasteiger partial charge in [0.2, 0.25) is 0 Å². The average molecular weight is 377 g/mol. The molecule has 0 spiro atoms. The first-order chi connectivity index (χ1) is 12.8. The van der Waals surface area contributed by atoms with E-state index in [-0.39, 0.29) is 5.60 Å². The summed E-state index contributed by atoms with van der Waals surface area (Å²) in [5.74, 6) is 4.62. The van der Waals surface area contributed by atoms with Gasteiger partial charge in [-0.3, -0.25) is 0 Å². The van der Waals surface area contributed by atoms with Gasteiger partial charge in [0.05, 0.1) is 5.60 Å². The molecule has 2 nitrogen and oxygen atoms in total. The van der Waals surface area contributed by atoms with Crippen molar-refractivity contribution in [3.05, 3.63) is 0 Å². The third-order valence-electron chi connectivity index (χ3n) is 10.9. The smallest absolute Gasteiger partial charge is 0.0648 e. The van der Waals surface area contributed by atoms with Crippen LogP contribution in [0.1, 0.15) is 98.3 Å². The van der Waals surface area contributed by atoms with E-state index in [1.54, 1.807) is 0 Å². The quantitative estimate of drug-likeness (QED) is 0.650. The molecular formula is C25H44O2. The van der Waals surface area contributed by atoms with E-state index in [2.05, 4.69) is 27.7 Å². The lowest BCUT2D eigenvalue weighted by Gasteiger charge is -2.62. The Bertz CT molecular complexity index is 546. The maximum atomic E-state index is 11.0. The molecule has 0 heterocycles. The van der Waals surface area contributed by atoms with Gasteiger partial charge >= 0.3 is 0 Å². The van der Waals surface area contributed by atoms with Crippen molar-refractivity contribution < 1.29 is 10.2 Å². The van der Waals surface area contributed by atoms with Crippen molar-refractivity contribution in [2.45, 2.75) is 104 Å². The molecule has 4 aliphatic carbocycles. The van der Waals surface area contributed by atoms with Crippen LogP contribution in [0.2, 0.25) is 0 Å². The van der Waals surface area contributed by atoms with Crippen LogP contribution in [-0.2, 0) is 0 Å². The number of fused-ring (bicyclic) bond motifs is 5. The van der Waals surface area contributed by atoms with Crippen LogP contribution in [0.25, 0.3) is 0 Å². The van der Waals surface area contributed by atoms with Crippen LogP contribution in [-0.4, -0.2) is 22.4 Å². The van der Waals surface area contributed by atoms with Gasteiger partial charge in [-0.25, -0.2) is 0 Å². The maximum Gasteiger partial charge on any atom is 0.0648 e. The van der Waals surface area contributed by atoms with Gasteiger partial charge in [0.25, 0.3) is 0 Å². The second-order valence-electron chi connectivity index (χ2n) is 11.4. The summed E-state index contributed by atoms with van der Waals surface area (Å²) in [6.07, 6.45) is 13.8. The summed E-state index contributed by atoms with van der Waals surface area (Å²) in [6, 6.07) is 0. The molecule has 0 amide bonds. The minimum Gasteiger partial charge on any atom is -0.396 e. The van der Waals surface area contributed by atoms with Gasteiger partial charge in [0, 0.05) is 6.61 Å². The van der Waals surface area contributed by atoms with Crippen LogP contribution in [0, 0.1) is 46.3 Å². The lowest BCUT2D eigenvalue weighted by atomic mass is 9.43. The summed E-state index contributed by atoms with van der Waals surface area (Å²) in [4.78, 5) is 0. The molecule has 0 aliphatic heterocycles. The molecule has 4 rings (SSSR count). The fraction of sp³-hybridized carbons (Fsp3) is 1.00. The van der Waals surface area contributed by atoms with Gasteiger partial charge in [0.1, 0.15) is 0 Å². The predicted molar refractivity (Wildman–Crippen MR) is 111 cm³/mol. The maximum absolute atomic E-state index is 11.0. The third-order valence-corrected chi connectivity index (χ3v) is 10.9. The van der Waals surface area contributed by atoms with E-state index in [0.717, 1.165) is 48.9 Å². The van der Waals surface area contributed by atoms with E-state index in [1.807, 2.05) is 0 Å². The second-order valence-corrected chi connectivity index (χ2v) is 11.4. The van der Waals surface area contributed by atoms with E-state index in [1.165, 1.54) is 51.4 Å². The lowest BCUT2D eigenvalue weighted by molar-refractivity contribution is -0.156. The minimum atomic E-state index is -0.381. The molecule has 9 atom stereocenters. The molecule has 4 saturated carbocycles. The molecule has 0 aromatic carbocycles.